The third-order valence-corrected chi connectivity index (χ3v) is 5.07. The second-order valence-electron chi connectivity index (χ2n) is 6.86. The van der Waals surface area contributed by atoms with Gasteiger partial charge in [0.25, 0.3) is 0 Å². The molecule has 0 saturated carbocycles. The third kappa shape index (κ3) is 4.49. The zero-order valence-electron chi connectivity index (χ0n) is 17.4. The van der Waals surface area contributed by atoms with Crippen molar-refractivity contribution in [2.75, 3.05) is 50.3 Å². The summed E-state index contributed by atoms with van der Waals surface area (Å²) in [7, 11) is 3.09. The number of hydrogen-bond acceptors (Lipinski definition) is 6. The van der Waals surface area contributed by atoms with Gasteiger partial charge in [-0.3, -0.25) is 4.79 Å². The smallest absolute Gasteiger partial charge is 0.337 e. The molecular weight excluding hydrogens is 388 g/mol. The van der Waals surface area contributed by atoms with Crippen LogP contribution in [0.1, 0.15) is 22.8 Å². The molecule has 0 unspecified atom stereocenters. The molecule has 1 aliphatic rings. The summed E-state index contributed by atoms with van der Waals surface area (Å²) in [6.07, 6.45) is 0. The van der Waals surface area contributed by atoms with Gasteiger partial charge < -0.3 is 29.1 Å². The molecule has 1 N–H and O–H groups in total. The maximum absolute atomic E-state index is 12.5. The highest BCUT2D eigenvalue weighted by Gasteiger charge is 2.22. The lowest BCUT2D eigenvalue weighted by Crippen LogP contribution is -2.37. The fourth-order valence-corrected chi connectivity index (χ4v) is 3.58. The molecule has 2 aromatic carbocycles. The van der Waals surface area contributed by atoms with Gasteiger partial charge in [0.1, 0.15) is 0 Å². The number of carboxylic acids is 1. The van der Waals surface area contributed by atoms with Gasteiger partial charge in [0.15, 0.2) is 11.5 Å². The molecule has 0 bridgehead atoms. The SMILES string of the molecule is COc1cccc(CN(C(C)=O)c2ccc(N3CCOCC3)c(C(=O)O)c2)c1OC. The van der Waals surface area contributed by atoms with Crippen LogP contribution in [0.3, 0.4) is 0 Å². The molecule has 1 fully saturated rings. The molecule has 1 aliphatic heterocycles. The van der Waals surface area contributed by atoms with E-state index in [9.17, 15) is 14.7 Å². The minimum Gasteiger partial charge on any atom is -0.493 e. The number of aromatic carboxylic acids is 1. The molecule has 1 heterocycles. The topological polar surface area (TPSA) is 88.5 Å². The highest BCUT2D eigenvalue weighted by Crippen LogP contribution is 2.34. The molecule has 0 spiro atoms. The first-order valence-electron chi connectivity index (χ1n) is 9.64. The number of methoxy groups -OCH3 is 2. The van der Waals surface area contributed by atoms with E-state index in [1.165, 1.54) is 11.8 Å². The molecule has 8 nitrogen and oxygen atoms in total. The van der Waals surface area contributed by atoms with Crippen LogP contribution in [-0.2, 0) is 16.1 Å². The van der Waals surface area contributed by atoms with Gasteiger partial charge in [-0.05, 0) is 24.3 Å². The Morgan fingerprint density at radius 3 is 2.47 bits per heavy atom. The Labute approximate surface area is 175 Å². The Morgan fingerprint density at radius 2 is 1.87 bits per heavy atom. The van der Waals surface area contributed by atoms with Crippen molar-refractivity contribution in [1.29, 1.82) is 0 Å². The molecule has 0 aliphatic carbocycles. The second-order valence-corrected chi connectivity index (χ2v) is 6.86. The van der Waals surface area contributed by atoms with Crippen LogP contribution in [0, 0.1) is 0 Å². The third-order valence-electron chi connectivity index (χ3n) is 5.07. The van der Waals surface area contributed by atoms with Crippen LogP contribution < -0.4 is 19.3 Å². The molecule has 30 heavy (non-hydrogen) atoms. The summed E-state index contributed by atoms with van der Waals surface area (Å²) in [4.78, 5) is 27.9. The van der Waals surface area contributed by atoms with Crippen molar-refractivity contribution in [1.82, 2.24) is 0 Å². The number of morpholine rings is 1. The number of benzene rings is 2. The van der Waals surface area contributed by atoms with Crippen molar-refractivity contribution < 1.29 is 28.9 Å². The zero-order valence-corrected chi connectivity index (χ0v) is 17.4. The van der Waals surface area contributed by atoms with Crippen LogP contribution in [0.15, 0.2) is 36.4 Å². The first kappa shape index (κ1) is 21.4. The molecular formula is C22H26N2O6. The second kappa shape index (κ2) is 9.49. The fraction of sp³-hybridized carbons (Fsp3) is 0.364. The number of para-hydroxylation sites is 1. The quantitative estimate of drug-likeness (QED) is 0.745. The van der Waals surface area contributed by atoms with Crippen molar-refractivity contribution in [3.8, 4) is 11.5 Å². The fourth-order valence-electron chi connectivity index (χ4n) is 3.58. The summed E-state index contributed by atoms with van der Waals surface area (Å²) in [5.41, 5.74) is 2.03. The predicted octanol–water partition coefficient (Wildman–Crippen LogP) is 2.79. The molecule has 0 atom stereocenters. The van der Waals surface area contributed by atoms with E-state index in [2.05, 4.69) is 0 Å². The van der Waals surface area contributed by atoms with Crippen molar-refractivity contribution in [3.63, 3.8) is 0 Å². The Hall–Kier alpha value is -3.26. The summed E-state index contributed by atoms with van der Waals surface area (Å²) < 4.78 is 16.2. The predicted molar refractivity (Wildman–Crippen MR) is 113 cm³/mol. The highest BCUT2D eigenvalue weighted by atomic mass is 16.5. The lowest BCUT2D eigenvalue weighted by Gasteiger charge is -2.31. The minimum atomic E-state index is -1.04. The maximum Gasteiger partial charge on any atom is 0.337 e. The molecule has 0 radical (unpaired) electrons. The van der Waals surface area contributed by atoms with Gasteiger partial charge in [0.2, 0.25) is 5.91 Å². The van der Waals surface area contributed by atoms with E-state index in [0.717, 1.165) is 5.56 Å². The van der Waals surface area contributed by atoms with Gasteiger partial charge in [-0.15, -0.1) is 0 Å². The van der Waals surface area contributed by atoms with Crippen LogP contribution in [-0.4, -0.2) is 57.5 Å². The van der Waals surface area contributed by atoms with Gasteiger partial charge >= 0.3 is 5.97 Å². The summed E-state index contributed by atoms with van der Waals surface area (Å²) >= 11 is 0. The Bertz CT molecular complexity index is 924. The van der Waals surface area contributed by atoms with E-state index in [4.69, 9.17) is 14.2 Å². The van der Waals surface area contributed by atoms with Gasteiger partial charge in [0, 0.05) is 31.3 Å². The van der Waals surface area contributed by atoms with Crippen LogP contribution in [0.4, 0.5) is 11.4 Å². The van der Waals surface area contributed by atoms with Crippen LogP contribution in [0.5, 0.6) is 11.5 Å². The first-order valence-corrected chi connectivity index (χ1v) is 9.64. The summed E-state index contributed by atoms with van der Waals surface area (Å²) in [5, 5.41) is 9.78. The number of carbonyl (C=O) groups excluding carboxylic acids is 1. The van der Waals surface area contributed by atoms with Crippen molar-refractivity contribution in [2.45, 2.75) is 13.5 Å². The van der Waals surface area contributed by atoms with Gasteiger partial charge in [-0.1, -0.05) is 12.1 Å². The van der Waals surface area contributed by atoms with Crippen molar-refractivity contribution >= 4 is 23.3 Å². The lowest BCUT2D eigenvalue weighted by molar-refractivity contribution is -0.116. The van der Waals surface area contributed by atoms with E-state index < -0.39 is 5.97 Å². The monoisotopic (exact) mass is 414 g/mol. The molecule has 160 valence electrons. The Balaban J connectivity index is 1.98. The number of amides is 1. The zero-order chi connectivity index (χ0) is 21.7. The average molecular weight is 414 g/mol. The van der Waals surface area contributed by atoms with E-state index in [-0.39, 0.29) is 18.0 Å². The van der Waals surface area contributed by atoms with Crippen molar-refractivity contribution in [2.24, 2.45) is 0 Å². The van der Waals surface area contributed by atoms with E-state index in [1.807, 2.05) is 17.0 Å². The lowest BCUT2D eigenvalue weighted by atomic mass is 10.1. The molecule has 1 amide bonds. The largest absolute Gasteiger partial charge is 0.493 e. The number of ether oxygens (including phenoxy) is 3. The van der Waals surface area contributed by atoms with Crippen molar-refractivity contribution in [3.05, 3.63) is 47.5 Å². The summed E-state index contributed by atoms with van der Waals surface area (Å²) in [6, 6.07) is 10.5. The molecule has 8 heteroatoms. The number of carboxylic acid groups (broad SMARTS) is 1. The molecule has 3 rings (SSSR count). The number of anilines is 2. The Morgan fingerprint density at radius 1 is 1.13 bits per heavy atom. The maximum atomic E-state index is 12.5. The number of rotatable bonds is 7. The normalized spacial score (nSPS) is 13.6. The van der Waals surface area contributed by atoms with Crippen LogP contribution >= 0.6 is 0 Å². The van der Waals surface area contributed by atoms with Crippen LogP contribution in [0.2, 0.25) is 0 Å². The number of carbonyl (C=O) groups is 2. The molecule has 1 saturated heterocycles. The summed E-state index contributed by atoms with van der Waals surface area (Å²) in [6.45, 7) is 4.01. The van der Waals surface area contributed by atoms with Gasteiger partial charge in [-0.25, -0.2) is 4.79 Å². The van der Waals surface area contributed by atoms with E-state index in [0.29, 0.717) is 49.2 Å². The molecule has 0 aromatic heterocycles. The standard InChI is InChI=1S/C22H26N2O6/c1-15(25)24(14-16-5-4-6-20(28-2)21(16)29-3)17-7-8-19(18(13-17)22(26)27)23-9-11-30-12-10-23/h4-8,13H,9-12,14H2,1-3H3,(H,26,27). The number of nitrogens with zero attached hydrogens (tertiary/aromatic N) is 2. The number of hydrogen-bond donors (Lipinski definition) is 1. The summed E-state index contributed by atoms with van der Waals surface area (Å²) in [5.74, 6) is -0.154. The Kier molecular flexibility index (Phi) is 6.79. The van der Waals surface area contributed by atoms with Gasteiger partial charge in [-0.2, -0.15) is 0 Å². The highest BCUT2D eigenvalue weighted by molar-refractivity contribution is 5.98. The van der Waals surface area contributed by atoms with Crippen LogP contribution in [0.25, 0.3) is 0 Å². The first-order chi connectivity index (χ1) is 14.5. The molecule has 2 aromatic rings. The minimum absolute atomic E-state index is 0.151. The van der Waals surface area contributed by atoms with E-state index >= 15 is 0 Å². The van der Waals surface area contributed by atoms with E-state index in [1.54, 1.807) is 38.5 Å². The average Bonchev–Trinajstić information content (AvgIpc) is 2.77. The van der Waals surface area contributed by atoms with Gasteiger partial charge in [0.05, 0.1) is 45.2 Å².